The summed E-state index contributed by atoms with van der Waals surface area (Å²) in [6, 6.07) is 21.4. The van der Waals surface area contributed by atoms with Gasteiger partial charge in [0.2, 0.25) is 6.40 Å². The summed E-state index contributed by atoms with van der Waals surface area (Å²) < 4.78 is 0. The second-order valence-electron chi connectivity index (χ2n) is 6.11. The Bertz CT molecular complexity index is 544. The zero-order chi connectivity index (χ0) is 17.0. The standard InChI is InChI=1S/C21H27NO2/c1-2-3-10-20(15-16-22-17-24-23)21(18-11-6-4-7-12-18)19-13-8-5-9-14-19/h4-9,11-14,17,20-21,23H,2-3,10,15-16H2,1H3. The minimum Gasteiger partial charge on any atom is -0.328 e. The highest BCUT2D eigenvalue weighted by atomic mass is 17.1. The van der Waals surface area contributed by atoms with E-state index >= 15 is 0 Å². The predicted molar refractivity (Wildman–Crippen MR) is 99.4 cm³/mol. The third kappa shape index (κ3) is 5.50. The topological polar surface area (TPSA) is 41.8 Å². The van der Waals surface area contributed by atoms with Gasteiger partial charge in [-0.2, -0.15) is 0 Å². The first-order chi connectivity index (χ1) is 11.9. The molecule has 0 aromatic heterocycles. The summed E-state index contributed by atoms with van der Waals surface area (Å²) in [5, 5.41) is 8.39. The first-order valence-electron chi connectivity index (χ1n) is 8.75. The highest BCUT2D eigenvalue weighted by Gasteiger charge is 2.24. The summed E-state index contributed by atoms with van der Waals surface area (Å²) in [6.45, 7) is 2.89. The van der Waals surface area contributed by atoms with Crippen molar-refractivity contribution in [1.82, 2.24) is 0 Å². The third-order valence-electron chi connectivity index (χ3n) is 4.47. The molecule has 24 heavy (non-hydrogen) atoms. The molecule has 0 saturated heterocycles. The van der Waals surface area contributed by atoms with Crippen LogP contribution in [0.4, 0.5) is 0 Å². The Morgan fingerprint density at radius 2 is 1.54 bits per heavy atom. The molecule has 0 bridgehead atoms. The normalized spacial score (nSPS) is 12.6. The van der Waals surface area contributed by atoms with Crippen molar-refractivity contribution in [2.24, 2.45) is 10.9 Å². The Balaban J connectivity index is 2.27. The monoisotopic (exact) mass is 325 g/mol. The first-order valence-corrected chi connectivity index (χ1v) is 8.75. The molecule has 2 rings (SSSR count). The predicted octanol–water partition coefficient (Wildman–Crippen LogP) is 5.53. The van der Waals surface area contributed by atoms with E-state index in [9.17, 15) is 0 Å². The molecule has 3 nitrogen and oxygen atoms in total. The van der Waals surface area contributed by atoms with Gasteiger partial charge in [0.05, 0.1) is 0 Å². The Morgan fingerprint density at radius 1 is 0.958 bits per heavy atom. The Hall–Kier alpha value is -2.13. The number of hydrogen-bond acceptors (Lipinski definition) is 3. The molecule has 0 aliphatic heterocycles. The maximum absolute atomic E-state index is 8.39. The van der Waals surface area contributed by atoms with Crippen LogP contribution in [0.25, 0.3) is 0 Å². The largest absolute Gasteiger partial charge is 0.328 e. The fourth-order valence-electron chi connectivity index (χ4n) is 3.33. The molecule has 1 unspecified atom stereocenters. The fraction of sp³-hybridized carbons (Fsp3) is 0.381. The lowest BCUT2D eigenvalue weighted by Gasteiger charge is -2.28. The Morgan fingerprint density at radius 3 is 2.04 bits per heavy atom. The van der Waals surface area contributed by atoms with Crippen molar-refractivity contribution in [3.8, 4) is 0 Å². The second kappa shape index (κ2) is 10.6. The molecule has 0 saturated carbocycles. The average molecular weight is 325 g/mol. The number of benzene rings is 2. The van der Waals surface area contributed by atoms with Gasteiger partial charge < -0.3 is 4.89 Å². The lowest BCUT2D eigenvalue weighted by Crippen LogP contribution is -2.16. The molecular weight excluding hydrogens is 298 g/mol. The molecule has 128 valence electrons. The van der Waals surface area contributed by atoms with E-state index in [4.69, 9.17) is 5.26 Å². The molecule has 2 aromatic carbocycles. The number of nitrogens with zero attached hydrogens (tertiary/aromatic N) is 1. The maximum atomic E-state index is 8.39. The second-order valence-corrected chi connectivity index (χ2v) is 6.11. The number of hydrogen-bond donors (Lipinski definition) is 1. The van der Waals surface area contributed by atoms with E-state index in [0.29, 0.717) is 18.4 Å². The third-order valence-corrected chi connectivity index (χ3v) is 4.47. The summed E-state index contributed by atoms with van der Waals surface area (Å²) in [5.41, 5.74) is 2.71. The quantitative estimate of drug-likeness (QED) is 0.270. The van der Waals surface area contributed by atoms with Crippen molar-refractivity contribution >= 4 is 6.40 Å². The summed E-state index contributed by atoms with van der Waals surface area (Å²) >= 11 is 0. The minimum absolute atomic E-state index is 0.365. The molecule has 0 spiro atoms. The van der Waals surface area contributed by atoms with Crippen molar-refractivity contribution in [3.05, 3.63) is 71.8 Å². The highest BCUT2D eigenvalue weighted by molar-refractivity contribution is 5.44. The number of unbranched alkanes of at least 4 members (excludes halogenated alkanes) is 1. The van der Waals surface area contributed by atoms with Gasteiger partial charge in [-0.05, 0) is 29.9 Å². The van der Waals surface area contributed by atoms with Gasteiger partial charge in [-0.3, -0.25) is 4.99 Å². The van der Waals surface area contributed by atoms with E-state index in [-0.39, 0.29) is 0 Å². The zero-order valence-corrected chi connectivity index (χ0v) is 14.3. The van der Waals surface area contributed by atoms with Crippen LogP contribution in [0.5, 0.6) is 0 Å². The van der Waals surface area contributed by atoms with Crippen LogP contribution in [0.3, 0.4) is 0 Å². The molecule has 0 fully saturated rings. The smallest absolute Gasteiger partial charge is 0.214 e. The zero-order valence-electron chi connectivity index (χ0n) is 14.3. The summed E-state index contributed by atoms with van der Waals surface area (Å²) in [4.78, 5) is 8.05. The van der Waals surface area contributed by atoms with Crippen LogP contribution in [0.2, 0.25) is 0 Å². The van der Waals surface area contributed by atoms with E-state index in [1.165, 1.54) is 30.4 Å². The summed E-state index contributed by atoms with van der Waals surface area (Å²) in [7, 11) is 0. The van der Waals surface area contributed by atoms with Crippen LogP contribution in [-0.2, 0) is 4.89 Å². The minimum atomic E-state index is 0.365. The molecular formula is C21H27NO2. The van der Waals surface area contributed by atoms with E-state index in [2.05, 4.69) is 77.5 Å². The van der Waals surface area contributed by atoms with Gasteiger partial charge in [0, 0.05) is 12.5 Å². The van der Waals surface area contributed by atoms with E-state index < -0.39 is 0 Å². The maximum Gasteiger partial charge on any atom is 0.214 e. The van der Waals surface area contributed by atoms with Gasteiger partial charge in [-0.25, -0.2) is 5.26 Å². The van der Waals surface area contributed by atoms with Crippen LogP contribution >= 0.6 is 0 Å². The number of aliphatic imine (C=N–C) groups is 1. The van der Waals surface area contributed by atoms with Crippen LogP contribution in [0.15, 0.2) is 65.7 Å². The van der Waals surface area contributed by atoms with Gasteiger partial charge in [0.15, 0.2) is 0 Å². The van der Waals surface area contributed by atoms with Crippen molar-refractivity contribution < 1.29 is 10.1 Å². The molecule has 0 aliphatic carbocycles. The molecule has 0 heterocycles. The molecule has 0 radical (unpaired) electrons. The van der Waals surface area contributed by atoms with E-state index in [1.54, 1.807) is 0 Å². The van der Waals surface area contributed by atoms with Crippen molar-refractivity contribution in [2.45, 2.75) is 38.5 Å². The van der Waals surface area contributed by atoms with Crippen molar-refractivity contribution in [3.63, 3.8) is 0 Å². The molecule has 0 aliphatic rings. The first kappa shape index (κ1) is 18.2. The molecule has 3 heteroatoms. The van der Waals surface area contributed by atoms with Crippen molar-refractivity contribution in [2.75, 3.05) is 6.54 Å². The highest BCUT2D eigenvalue weighted by Crippen LogP contribution is 2.36. The Labute approximate surface area is 145 Å². The molecule has 1 atom stereocenters. The average Bonchev–Trinajstić information content (AvgIpc) is 2.64. The lowest BCUT2D eigenvalue weighted by molar-refractivity contribution is -0.147. The van der Waals surface area contributed by atoms with Crippen molar-refractivity contribution in [1.29, 1.82) is 0 Å². The van der Waals surface area contributed by atoms with Crippen LogP contribution in [-0.4, -0.2) is 18.2 Å². The fourth-order valence-corrected chi connectivity index (χ4v) is 3.33. The number of rotatable bonds is 10. The van der Waals surface area contributed by atoms with Gasteiger partial charge in [0.1, 0.15) is 0 Å². The van der Waals surface area contributed by atoms with Gasteiger partial charge in [0.25, 0.3) is 0 Å². The van der Waals surface area contributed by atoms with Gasteiger partial charge in [-0.15, -0.1) is 0 Å². The van der Waals surface area contributed by atoms with Gasteiger partial charge >= 0.3 is 0 Å². The van der Waals surface area contributed by atoms with Crippen LogP contribution < -0.4 is 0 Å². The molecule has 1 N–H and O–H groups in total. The van der Waals surface area contributed by atoms with Gasteiger partial charge in [-0.1, -0.05) is 80.4 Å². The van der Waals surface area contributed by atoms with Crippen LogP contribution in [0.1, 0.15) is 49.7 Å². The Kier molecular flexibility index (Phi) is 8.05. The molecule has 0 amide bonds. The summed E-state index contributed by atoms with van der Waals surface area (Å²) in [6.07, 6.45) is 5.64. The lowest BCUT2D eigenvalue weighted by atomic mass is 9.77. The van der Waals surface area contributed by atoms with E-state index in [0.717, 1.165) is 12.8 Å². The SMILES string of the molecule is CCCCC(CCN=COO)C(c1ccccc1)c1ccccc1. The molecule has 2 aromatic rings. The summed E-state index contributed by atoms with van der Waals surface area (Å²) in [5.74, 6) is 0.870. The van der Waals surface area contributed by atoms with E-state index in [1.807, 2.05) is 0 Å². The van der Waals surface area contributed by atoms with Crippen LogP contribution in [0, 0.1) is 5.92 Å².